The average Bonchev–Trinajstić information content (AvgIpc) is 3.19. The van der Waals surface area contributed by atoms with Crippen LogP contribution in [0.1, 0.15) is 68.9 Å². The van der Waals surface area contributed by atoms with Crippen LogP contribution in [-0.2, 0) is 17.8 Å². The molecular formula is C18H26N4O. The molecule has 3 aliphatic rings. The molecule has 2 aliphatic heterocycles. The molecule has 1 saturated carbocycles. The lowest BCUT2D eigenvalue weighted by atomic mass is 9.93. The summed E-state index contributed by atoms with van der Waals surface area (Å²) in [7, 11) is 0. The summed E-state index contributed by atoms with van der Waals surface area (Å²) in [6.07, 6.45) is 12.3. The maximum atomic E-state index is 12.5. The largest absolute Gasteiger partial charge is 0.339 e. The summed E-state index contributed by atoms with van der Waals surface area (Å²) < 4.78 is 2.31. The Labute approximate surface area is 137 Å². The van der Waals surface area contributed by atoms with Crippen LogP contribution in [0.3, 0.4) is 0 Å². The first-order chi connectivity index (χ1) is 11.3. The molecule has 3 heterocycles. The van der Waals surface area contributed by atoms with Crippen molar-refractivity contribution in [1.29, 1.82) is 0 Å². The fraction of sp³-hybridized carbons (Fsp3) is 0.722. The van der Waals surface area contributed by atoms with Crippen LogP contribution in [-0.4, -0.2) is 38.7 Å². The summed E-state index contributed by atoms with van der Waals surface area (Å²) in [5.41, 5.74) is 1.36. The summed E-state index contributed by atoms with van der Waals surface area (Å²) in [5, 5.41) is 8.75. The Bertz CT molecular complexity index is 603. The smallest absolute Gasteiger partial charge is 0.246 e. The van der Waals surface area contributed by atoms with Crippen molar-refractivity contribution in [2.75, 3.05) is 13.1 Å². The number of aryl methyl sites for hydroxylation is 1. The third-order valence-corrected chi connectivity index (χ3v) is 5.63. The number of hydrogen-bond acceptors (Lipinski definition) is 3. The number of carbonyl (C=O) groups excluding carboxylic acids is 1. The second kappa shape index (κ2) is 6.46. The standard InChI is InChI=1S/C18H26N4O/c23-17(13-14-5-2-1-3-6-14)21-11-8-15(9-12-21)18-20-19-16-7-4-10-22(16)18/h13,15H,1-12H2. The van der Waals surface area contributed by atoms with Gasteiger partial charge in [0.1, 0.15) is 11.6 Å². The zero-order valence-electron chi connectivity index (χ0n) is 13.8. The van der Waals surface area contributed by atoms with E-state index in [1.807, 2.05) is 11.0 Å². The predicted molar refractivity (Wildman–Crippen MR) is 88.1 cm³/mol. The van der Waals surface area contributed by atoms with Crippen LogP contribution in [0.5, 0.6) is 0 Å². The normalized spacial score (nSPS) is 22.3. The van der Waals surface area contributed by atoms with E-state index < -0.39 is 0 Å². The zero-order chi connectivity index (χ0) is 15.6. The molecule has 23 heavy (non-hydrogen) atoms. The number of aromatic nitrogens is 3. The number of amides is 1. The third kappa shape index (κ3) is 3.06. The van der Waals surface area contributed by atoms with Gasteiger partial charge in [0, 0.05) is 38.0 Å². The number of hydrogen-bond donors (Lipinski definition) is 0. The molecule has 0 N–H and O–H groups in total. The molecule has 0 spiro atoms. The van der Waals surface area contributed by atoms with Gasteiger partial charge in [0.15, 0.2) is 0 Å². The molecule has 1 aromatic rings. The van der Waals surface area contributed by atoms with Gasteiger partial charge in [-0.1, -0.05) is 12.0 Å². The van der Waals surface area contributed by atoms with E-state index in [9.17, 15) is 4.79 Å². The van der Waals surface area contributed by atoms with Gasteiger partial charge >= 0.3 is 0 Å². The molecule has 1 aromatic heterocycles. The highest BCUT2D eigenvalue weighted by Gasteiger charge is 2.28. The maximum Gasteiger partial charge on any atom is 0.246 e. The lowest BCUT2D eigenvalue weighted by molar-refractivity contribution is -0.127. The highest BCUT2D eigenvalue weighted by atomic mass is 16.2. The summed E-state index contributed by atoms with van der Waals surface area (Å²) in [6, 6.07) is 0. The summed E-state index contributed by atoms with van der Waals surface area (Å²) in [6.45, 7) is 2.79. The minimum Gasteiger partial charge on any atom is -0.339 e. The molecule has 1 aliphatic carbocycles. The van der Waals surface area contributed by atoms with Crippen molar-refractivity contribution in [3.63, 3.8) is 0 Å². The predicted octanol–water partition coefficient (Wildman–Crippen LogP) is 2.82. The van der Waals surface area contributed by atoms with Crippen LogP contribution < -0.4 is 0 Å². The number of rotatable bonds is 2. The second-order valence-electron chi connectivity index (χ2n) is 7.19. The number of piperidine rings is 1. The zero-order valence-corrected chi connectivity index (χ0v) is 13.8. The first kappa shape index (κ1) is 14.9. The fourth-order valence-electron chi connectivity index (χ4n) is 4.25. The van der Waals surface area contributed by atoms with Crippen molar-refractivity contribution in [1.82, 2.24) is 19.7 Å². The molecule has 0 unspecified atom stereocenters. The van der Waals surface area contributed by atoms with Crippen LogP contribution >= 0.6 is 0 Å². The van der Waals surface area contributed by atoms with Gasteiger partial charge in [-0.15, -0.1) is 10.2 Å². The van der Waals surface area contributed by atoms with Crippen LogP contribution in [0.25, 0.3) is 0 Å². The van der Waals surface area contributed by atoms with Gasteiger partial charge in [-0.3, -0.25) is 4.79 Å². The maximum absolute atomic E-state index is 12.5. The van der Waals surface area contributed by atoms with E-state index in [1.165, 1.54) is 31.3 Å². The van der Waals surface area contributed by atoms with Crippen LogP contribution in [0.2, 0.25) is 0 Å². The van der Waals surface area contributed by atoms with Crippen LogP contribution in [0.4, 0.5) is 0 Å². The number of nitrogens with zero attached hydrogens (tertiary/aromatic N) is 4. The van der Waals surface area contributed by atoms with E-state index in [1.54, 1.807) is 0 Å². The number of fused-ring (bicyclic) bond motifs is 1. The van der Waals surface area contributed by atoms with Crippen molar-refractivity contribution in [2.45, 2.75) is 70.3 Å². The Kier molecular flexibility index (Phi) is 4.19. The first-order valence-corrected chi connectivity index (χ1v) is 9.21. The van der Waals surface area contributed by atoms with Crippen molar-refractivity contribution in [3.8, 4) is 0 Å². The monoisotopic (exact) mass is 314 g/mol. The van der Waals surface area contributed by atoms with E-state index in [2.05, 4.69) is 14.8 Å². The van der Waals surface area contributed by atoms with E-state index >= 15 is 0 Å². The van der Waals surface area contributed by atoms with Crippen molar-refractivity contribution >= 4 is 5.91 Å². The molecule has 124 valence electrons. The Morgan fingerprint density at radius 3 is 2.52 bits per heavy atom. The van der Waals surface area contributed by atoms with Gasteiger partial charge in [0.05, 0.1) is 0 Å². The van der Waals surface area contributed by atoms with Crippen molar-refractivity contribution in [3.05, 3.63) is 23.3 Å². The molecule has 0 radical (unpaired) electrons. The van der Waals surface area contributed by atoms with E-state index in [0.29, 0.717) is 5.92 Å². The number of allylic oxidation sites excluding steroid dienone is 1. The molecule has 0 atom stereocenters. The Morgan fingerprint density at radius 2 is 1.74 bits per heavy atom. The van der Waals surface area contributed by atoms with Crippen molar-refractivity contribution < 1.29 is 4.79 Å². The fourth-order valence-corrected chi connectivity index (χ4v) is 4.25. The Balaban J connectivity index is 1.36. The molecular weight excluding hydrogens is 288 g/mol. The molecule has 5 heteroatoms. The van der Waals surface area contributed by atoms with Crippen molar-refractivity contribution in [2.24, 2.45) is 0 Å². The topological polar surface area (TPSA) is 51.0 Å². The summed E-state index contributed by atoms with van der Waals surface area (Å²) in [5.74, 6) is 3.02. The molecule has 1 amide bonds. The summed E-state index contributed by atoms with van der Waals surface area (Å²) in [4.78, 5) is 14.5. The first-order valence-electron chi connectivity index (χ1n) is 9.21. The van der Waals surface area contributed by atoms with Gasteiger partial charge in [-0.2, -0.15) is 0 Å². The minimum absolute atomic E-state index is 0.229. The average molecular weight is 314 g/mol. The Hall–Kier alpha value is -1.65. The highest BCUT2D eigenvalue weighted by Crippen LogP contribution is 2.30. The quantitative estimate of drug-likeness (QED) is 0.789. The third-order valence-electron chi connectivity index (χ3n) is 5.63. The lowest BCUT2D eigenvalue weighted by Gasteiger charge is -2.31. The molecule has 0 bridgehead atoms. The van der Waals surface area contributed by atoms with Crippen LogP contribution in [0.15, 0.2) is 11.6 Å². The second-order valence-corrected chi connectivity index (χ2v) is 7.19. The van der Waals surface area contributed by atoms with Gasteiger partial charge in [0.2, 0.25) is 5.91 Å². The summed E-state index contributed by atoms with van der Waals surface area (Å²) >= 11 is 0. The van der Waals surface area contributed by atoms with Crippen LogP contribution in [0, 0.1) is 0 Å². The number of carbonyl (C=O) groups is 1. The molecule has 2 fully saturated rings. The number of likely N-dealkylation sites (tertiary alicyclic amines) is 1. The molecule has 4 rings (SSSR count). The van der Waals surface area contributed by atoms with Gasteiger partial charge < -0.3 is 9.47 Å². The van der Waals surface area contributed by atoms with E-state index in [-0.39, 0.29) is 5.91 Å². The lowest BCUT2D eigenvalue weighted by Crippen LogP contribution is -2.37. The highest BCUT2D eigenvalue weighted by molar-refractivity contribution is 5.88. The SMILES string of the molecule is O=C(C=C1CCCCC1)N1CCC(c2nnc3n2CCC3)CC1. The minimum atomic E-state index is 0.229. The molecule has 1 saturated heterocycles. The van der Waals surface area contributed by atoms with E-state index in [0.717, 1.165) is 63.4 Å². The van der Waals surface area contributed by atoms with E-state index in [4.69, 9.17) is 0 Å². The van der Waals surface area contributed by atoms with Gasteiger partial charge in [-0.25, -0.2) is 0 Å². The van der Waals surface area contributed by atoms with Gasteiger partial charge in [0.25, 0.3) is 0 Å². The molecule has 5 nitrogen and oxygen atoms in total. The molecule has 0 aromatic carbocycles. The Morgan fingerprint density at radius 1 is 0.957 bits per heavy atom. The van der Waals surface area contributed by atoms with Gasteiger partial charge in [-0.05, 0) is 44.9 Å².